The molecule has 5 N–H and O–H groups in total. The molecule has 0 saturated carbocycles. The number of carbonyl (C=O) groups is 4. The molecule has 18 heteroatoms. The fourth-order valence-electron chi connectivity index (χ4n) is 8.74. The first-order chi connectivity index (χ1) is 35.4. The third-order valence-electron chi connectivity index (χ3n) is 12.4. The van der Waals surface area contributed by atoms with Gasteiger partial charge in [0.2, 0.25) is 0 Å². The zero-order valence-corrected chi connectivity index (χ0v) is 43.5. The second kappa shape index (κ2) is 23.7. The predicted octanol–water partition coefficient (Wildman–Crippen LogP) is 8.78. The lowest BCUT2D eigenvalue weighted by molar-refractivity contribution is -0.143. The van der Waals surface area contributed by atoms with Gasteiger partial charge in [0.15, 0.2) is 0 Å². The molecule has 0 spiro atoms. The van der Waals surface area contributed by atoms with E-state index in [4.69, 9.17) is 4.74 Å². The summed E-state index contributed by atoms with van der Waals surface area (Å²) in [6.07, 6.45) is 1.91. The maximum absolute atomic E-state index is 13.3. The second-order valence-electron chi connectivity index (χ2n) is 17.8. The van der Waals surface area contributed by atoms with Gasteiger partial charge < -0.3 is 29.9 Å². The van der Waals surface area contributed by atoms with Gasteiger partial charge in [0.05, 0.1) is 40.6 Å². The summed E-state index contributed by atoms with van der Waals surface area (Å²) < 4.78 is 65.3. The number of nitrogens with one attached hydrogen (secondary N) is 4. The number of carbonyl (C=O) groups excluding carboxylic acids is 3. The highest BCUT2D eigenvalue weighted by molar-refractivity contribution is 7.93. The number of anilines is 3. The summed E-state index contributed by atoms with van der Waals surface area (Å²) in [6, 6.07) is 38.4. The molecule has 0 radical (unpaired) electrons. The number of nitrogens with zero attached hydrogens (tertiary/aromatic N) is 2. The molecule has 386 valence electrons. The number of amides is 2. The second-order valence-corrected chi connectivity index (χ2v) is 21.2. The molecule has 7 aromatic rings. The monoisotopic (exact) mass is 1040 g/mol. The maximum Gasteiger partial charge on any atom is 0.307 e. The number of ether oxygens (including phenoxy) is 1. The summed E-state index contributed by atoms with van der Waals surface area (Å²) in [5.41, 5.74) is 8.05. The predicted molar refractivity (Wildman–Crippen MR) is 287 cm³/mol. The van der Waals surface area contributed by atoms with Crippen LogP contribution in [0.5, 0.6) is 0 Å². The van der Waals surface area contributed by atoms with Crippen molar-refractivity contribution < 1.29 is 45.9 Å². The molecule has 6 aromatic carbocycles. The third-order valence-corrected chi connectivity index (χ3v) is 15.1. The van der Waals surface area contributed by atoms with Gasteiger partial charge in [0.25, 0.3) is 31.9 Å². The van der Waals surface area contributed by atoms with Crippen molar-refractivity contribution in [3.8, 4) is 0 Å². The van der Waals surface area contributed by atoms with E-state index in [0.29, 0.717) is 66.3 Å². The highest BCUT2D eigenvalue weighted by atomic mass is 32.2. The van der Waals surface area contributed by atoms with Crippen molar-refractivity contribution in [3.63, 3.8) is 0 Å². The summed E-state index contributed by atoms with van der Waals surface area (Å²) in [4.78, 5) is 51.0. The average molecular weight is 1040 g/mol. The Morgan fingerprint density at radius 3 is 1.68 bits per heavy atom. The molecule has 1 aliphatic heterocycles. The zero-order chi connectivity index (χ0) is 53.2. The number of sulfonamides is 2. The van der Waals surface area contributed by atoms with Crippen LogP contribution in [0.1, 0.15) is 87.2 Å². The standard InChI is InChI=1S/C29H33N3O5S.C27H27N3O5S/c1-4-30-29(34)21-12-13-22(26(16-21)31-38(35,36)24-14-10-20(3)11-15-24)18-32-19-23(17-28(33)37-5-2)25-8-6-7-9-27(25)32;1-3-28-27(33)19-10-11-20(24(14-19)29-36(34,35)22-12-8-18(2)9-13-22)16-30-17-21(15-26(31)32)23-6-4-5-7-25(23)30/h6-16,23,31H,4-5,17-19H2,1-3H3,(H,30,34);4-14,17,29H,3,15-16H2,1-2H3,(H,28,33)(H,31,32). The summed E-state index contributed by atoms with van der Waals surface area (Å²) in [6.45, 7) is 11.6. The van der Waals surface area contributed by atoms with Gasteiger partial charge in [-0.1, -0.05) is 83.9 Å². The van der Waals surface area contributed by atoms with Crippen molar-refractivity contribution in [3.05, 3.63) is 184 Å². The van der Waals surface area contributed by atoms with Crippen LogP contribution in [0.25, 0.3) is 10.9 Å². The van der Waals surface area contributed by atoms with E-state index in [2.05, 4.69) is 25.0 Å². The van der Waals surface area contributed by atoms with Crippen LogP contribution in [0.2, 0.25) is 0 Å². The molecule has 8 rings (SSSR count). The molecule has 1 aromatic heterocycles. The molecule has 2 heterocycles. The molecule has 1 unspecified atom stereocenters. The van der Waals surface area contributed by atoms with Gasteiger partial charge in [-0.2, -0.15) is 0 Å². The number of rotatable bonds is 19. The first kappa shape index (κ1) is 53.8. The Labute approximate surface area is 431 Å². The molecule has 1 aliphatic rings. The Kier molecular flexibility index (Phi) is 17.3. The van der Waals surface area contributed by atoms with Crippen LogP contribution in [0.3, 0.4) is 0 Å². The van der Waals surface area contributed by atoms with Crippen molar-refractivity contribution in [1.29, 1.82) is 0 Å². The molecule has 74 heavy (non-hydrogen) atoms. The summed E-state index contributed by atoms with van der Waals surface area (Å²) >= 11 is 0. The summed E-state index contributed by atoms with van der Waals surface area (Å²) in [5, 5.41) is 15.6. The lowest BCUT2D eigenvalue weighted by Crippen LogP contribution is -2.25. The van der Waals surface area contributed by atoms with E-state index in [1.54, 1.807) is 86.8 Å². The Morgan fingerprint density at radius 2 is 1.15 bits per heavy atom. The van der Waals surface area contributed by atoms with Crippen LogP contribution in [0, 0.1) is 13.8 Å². The fourth-order valence-corrected chi connectivity index (χ4v) is 10.9. The number of fused-ring (bicyclic) bond motifs is 2. The number of esters is 1. The Hall–Kier alpha value is -7.96. The molecule has 0 bridgehead atoms. The van der Waals surface area contributed by atoms with Crippen molar-refractivity contribution in [2.75, 3.05) is 40.6 Å². The lowest BCUT2D eigenvalue weighted by atomic mass is 9.98. The van der Waals surface area contributed by atoms with E-state index >= 15 is 0 Å². The molecular weight excluding hydrogens is 981 g/mol. The van der Waals surface area contributed by atoms with Gasteiger partial charge in [0, 0.05) is 72.6 Å². The van der Waals surface area contributed by atoms with Crippen LogP contribution >= 0.6 is 0 Å². The summed E-state index contributed by atoms with van der Waals surface area (Å²) in [7, 11) is -7.82. The van der Waals surface area contributed by atoms with Gasteiger partial charge in [-0.3, -0.25) is 28.6 Å². The van der Waals surface area contributed by atoms with Crippen LogP contribution < -0.4 is 25.0 Å². The molecule has 1 atom stereocenters. The van der Waals surface area contributed by atoms with Crippen LogP contribution in [-0.2, 0) is 53.9 Å². The number of benzene rings is 6. The SMILES string of the molecule is CCNC(=O)c1ccc(CN2CC(CC(=O)OCC)c3ccccc32)c(NS(=O)(=O)c2ccc(C)cc2)c1.CCNC(=O)c1ccc(Cn2cc(CC(=O)O)c3ccccc32)c(NS(=O)(=O)c2ccc(C)cc2)c1. The van der Waals surface area contributed by atoms with Gasteiger partial charge >= 0.3 is 11.9 Å². The number of hydrogen-bond acceptors (Lipinski definition) is 10. The van der Waals surface area contributed by atoms with Gasteiger partial charge in [0.1, 0.15) is 0 Å². The molecular formula is C56H60N6O10S2. The number of hydrogen-bond donors (Lipinski definition) is 5. The number of aromatic nitrogens is 1. The first-order valence-electron chi connectivity index (χ1n) is 24.2. The number of carboxylic acids is 1. The largest absolute Gasteiger partial charge is 0.481 e. The van der Waals surface area contributed by atoms with Crippen molar-refractivity contribution in [2.45, 2.75) is 76.3 Å². The highest BCUT2D eigenvalue weighted by Crippen LogP contribution is 2.40. The average Bonchev–Trinajstić information content (AvgIpc) is 3.88. The number of aryl methyl sites for hydroxylation is 2. The van der Waals surface area contributed by atoms with E-state index in [-0.39, 0.29) is 58.6 Å². The third kappa shape index (κ3) is 13.2. The van der Waals surface area contributed by atoms with Crippen LogP contribution in [0.4, 0.5) is 17.1 Å². The molecule has 0 fully saturated rings. The molecule has 0 aliphatic carbocycles. The number of carboxylic acid groups (broad SMARTS) is 1. The summed E-state index contributed by atoms with van der Waals surface area (Å²) in [5.74, 6) is -1.80. The van der Waals surface area contributed by atoms with E-state index in [9.17, 15) is 41.1 Å². The Balaban J connectivity index is 0.000000217. The molecule has 2 amide bonds. The van der Waals surface area contributed by atoms with Crippen molar-refractivity contribution >= 4 is 71.8 Å². The number of para-hydroxylation sites is 2. The minimum atomic E-state index is -3.92. The van der Waals surface area contributed by atoms with Gasteiger partial charge in [-0.25, -0.2) is 16.8 Å². The Morgan fingerprint density at radius 1 is 0.635 bits per heavy atom. The topological polar surface area (TPSA) is 222 Å². The van der Waals surface area contributed by atoms with E-state index in [0.717, 1.165) is 33.3 Å². The van der Waals surface area contributed by atoms with Gasteiger partial charge in [-0.05, 0) is 118 Å². The minimum Gasteiger partial charge on any atom is -0.481 e. The van der Waals surface area contributed by atoms with Crippen LogP contribution in [0.15, 0.2) is 149 Å². The number of aliphatic carboxylic acids is 1. The normalized spacial score (nSPS) is 13.0. The smallest absolute Gasteiger partial charge is 0.307 e. The highest BCUT2D eigenvalue weighted by Gasteiger charge is 2.31. The lowest BCUT2D eigenvalue weighted by Gasteiger charge is -2.23. The molecule has 0 saturated heterocycles. The Bertz CT molecular complexity index is 3410. The van der Waals surface area contributed by atoms with E-state index in [1.165, 1.54) is 18.2 Å². The quantitative estimate of drug-likeness (QED) is 0.0482. The van der Waals surface area contributed by atoms with Crippen molar-refractivity contribution in [2.24, 2.45) is 0 Å². The maximum atomic E-state index is 13.3. The zero-order valence-electron chi connectivity index (χ0n) is 41.8. The van der Waals surface area contributed by atoms with Crippen molar-refractivity contribution in [1.82, 2.24) is 15.2 Å². The fraction of sp³-hybridized carbons (Fsp3) is 0.250. The van der Waals surface area contributed by atoms with Crippen LogP contribution in [-0.4, -0.2) is 76.5 Å². The van der Waals surface area contributed by atoms with Gasteiger partial charge in [-0.15, -0.1) is 0 Å². The van der Waals surface area contributed by atoms with E-state index < -0.39 is 26.0 Å². The molecule has 16 nitrogen and oxygen atoms in total. The first-order valence-corrected chi connectivity index (χ1v) is 27.2. The minimum absolute atomic E-state index is 0.0347. The van der Waals surface area contributed by atoms with E-state index in [1.807, 2.05) is 73.9 Å².